The van der Waals surface area contributed by atoms with Crippen molar-refractivity contribution in [2.45, 2.75) is 43.9 Å². The van der Waals surface area contributed by atoms with E-state index in [0.29, 0.717) is 23.2 Å². The topological polar surface area (TPSA) is 49.4 Å². The quantitative estimate of drug-likeness (QED) is 0.841. The van der Waals surface area contributed by atoms with Crippen molar-refractivity contribution in [3.63, 3.8) is 0 Å². The Hall–Kier alpha value is -0.430. The molecule has 6 heteroatoms. The zero-order valence-electron chi connectivity index (χ0n) is 12.3. The Balaban J connectivity index is 2.05. The minimum absolute atomic E-state index is 0.488. The van der Waals surface area contributed by atoms with E-state index in [2.05, 4.69) is 12.2 Å². The Labute approximate surface area is 126 Å². The molecule has 1 unspecified atom stereocenters. The standard InChI is InChI=1S/C14H24N2O2S2/c1-3-5-12-8-9-16(11-12)20(17,18)14-7-6-13(19-14)10-15-4-2/h6-7,12,15H,3-5,8-11H2,1-2H3. The Morgan fingerprint density at radius 3 is 2.90 bits per heavy atom. The number of thiophene rings is 1. The molecule has 2 heterocycles. The van der Waals surface area contributed by atoms with E-state index in [1.54, 1.807) is 10.4 Å². The van der Waals surface area contributed by atoms with Crippen LogP contribution in [-0.2, 0) is 16.6 Å². The number of nitrogens with one attached hydrogen (secondary N) is 1. The molecule has 1 aromatic rings. The van der Waals surface area contributed by atoms with Gasteiger partial charge in [-0.15, -0.1) is 11.3 Å². The van der Waals surface area contributed by atoms with Crippen LogP contribution in [0.15, 0.2) is 16.3 Å². The van der Waals surface area contributed by atoms with E-state index in [9.17, 15) is 8.42 Å². The minimum atomic E-state index is -3.27. The molecular formula is C14H24N2O2S2. The fourth-order valence-corrected chi connectivity index (χ4v) is 5.64. The molecule has 2 rings (SSSR count). The van der Waals surface area contributed by atoms with Gasteiger partial charge in [0, 0.05) is 24.5 Å². The lowest BCUT2D eigenvalue weighted by molar-refractivity contribution is 0.446. The van der Waals surface area contributed by atoms with Crippen molar-refractivity contribution in [2.75, 3.05) is 19.6 Å². The summed E-state index contributed by atoms with van der Waals surface area (Å²) in [5.41, 5.74) is 0. The molecule has 1 aliphatic rings. The van der Waals surface area contributed by atoms with Crippen LogP contribution in [0.25, 0.3) is 0 Å². The molecular weight excluding hydrogens is 292 g/mol. The summed E-state index contributed by atoms with van der Waals surface area (Å²) in [4.78, 5) is 1.08. The van der Waals surface area contributed by atoms with E-state index < -0.39 is 10.0 Å². The van der Waals surface area contributed by atoms with Crippen molar-refractivity contribution in [2.24, 2.45) is 5.92 Å². The molecule has 1 atom stereocenters. The largest absolute Gasteiger partial charge is 0.312 e. The SMILES string of the molecule is CCCC1CCN(S(=O)(=O)c2ccc(CNCC)s2)C1. The third-order valence-electron chi connectivity index (χ3n) is 3.73. The predicted molar refractivity (Wildman–Crippen MR) is 83.5 cm³/mol. The lowest BCUT2D eigenvalue weighted by Crippen LogP contribution is -2.28. The Kier molecular flexibility index (Phi) is 5.60. The normalized spacial score (nSPS) is 20.6. The van der Waals surface area contributed by atoms with E-state index in [-0.39, 0.29) is 0 Å². The minimum Gasteiger partial charge on any atom is -0.312 e. The van der Waals surface area contributed by atoms with E-state index in [4.69, 9.17) is 0 Å². The van der Waals surface area contributed by atoms with Crippen LogP contribution >= 0.6 is 11.3 Å². The Bertz CT molecular complexity index is 525. The Morgan fingerprint density at radius 1 is 1.40 bits per heavy atom. The fourth-order valence-electron chi connectivity index (χ4n) is 2.63. The maximum absolute atomic E-state index is 12.6. The molecule has 0 spiro atoms. The molecule has 1 aliphatic heterocycles. The first-order chi connectivity index (χ1) is 9.57. The highest BCUT2D eigenvalue weighted by atomic mass is 32.2. The molecule has 4 nitrogen and oxygen atoms in total. The second kappa shape index (κ2) is 7.02. The van der Waals surface area contributed by atoms with Crippen molar-refractivity contribution < 1.29 is 8.42 Å². The third kappa shape index (κ3) is 3.61. The van der Waals surface area contributed by atoms with E-state index >= 15 is 0 Å². The van der Waals surface area contributed by atoms with Crippen molar-refractivity contribution in [1.82, 2.24) is 9.62 Å². The van der Waals surface area contributed by atoms with Gasteiger partial charge in [-0.1, -0.05) is 20.3 Å². The van der Waals surface area contributed by atoms with Gasteiger partial charge in [-0.3, -0.25) is 0 Å². The summed E-state index contributed by atoms with van der Waals surface area (Å²) < 4.78 is 27.3. The molecule has 0 saturated carbocycles. The van der Waals surface area contributed by atoms with Gasteiger partial charge in [-0.25, -0.2) is 8.42 Å². The van der Waals surface area contributed by atoms with Crippen molar-refractivity contribution in [1.29, 1.82) is 0 Å². The van der Waals surface area contributed by atoms with Crippen molar-refractivity contribution >= 4 is 21.4 Å². The monoisotopic (exact) mass is 316 g/mol. The Morgan fingerprint density at radius 2 is 2.20 bits per heavy atom. The van der Waals surface area contributed by atoms with Crippen LogP contribution in [0.4, 0.5) is 0 Å². The molecule has 1 saturated heterocycles. The summed E-state index contributed by atoms with van der Waals surface area (Å²) in [6.07, 6.45) is 3.26. The van der Waals surface area contributed by atoms with Gasteiger partial charge >= 0.3 is 0 Å². The molecule has 0 radical (unpaired) electrons. The van der Waals surface area contributed by atoms with Gasteiger partial charge in [0.25, 0.3) is 10.0 Å². The molecule has 1 N–H and O–H groups in total. The number of rotatable bonds is 7. The predicted octanol–water partition coefficient (Wildman–Crippen LogP) is 2.67. The summed E-state index contributed by atoms with van der Waals surface area (Å²) in [5, 5.41) is 3.22. The zero-order chi connectivity index (χ0) is 14.6. The highest BCUT2D eigenvalue weighted by Crippen LogP contribution is 2.30. The maximum atomic E-state index is 12.6. The average Bonchev–Trinajstić information content (AvgIpc) is 3.06. The molecule has 0 aromatic carbocycles. The van der Waals surface area contributed by atoms with Gasteiger partial charge in [0.05, 0.1) is 0 Å². The van der Waals surface area contributed by atoms with Crippen LogP contribution < -0.4 is 5.32 Å². The van der Waals surface area contributed by atoms with Crippen LogP contribution in [0.2, 0.25) is 0 Å². The molecule has 1 fully saturated rings. The second-order valence-corrected chi connectivity index (χ2v) is 8.64. The lowest BCUT2D eigenvalue weighted by atomic mass is 10.0. The summed E-state index contributed by atoms with van der Waals surface area (Å²) in [6, 6.07) is 3.67. The van der Waals surface area contributed by atoms with Crippen LogP contribution in [-0.4, -0.2) is 32.4 Å². The first-order valence-corrected chi connectivity index (χ1v) is 9.63. The van der Waals surface area contributed by atoms with Crippen molar-refractivity contribution in [3.8, 4) is 0 Å². The first-order valence-electron chi connectivity index (χ1n) is 7.37. The molecule has 0 amide bonds. The van der Waals surface area contributed by atoms with Crippen molar-refractivity contribution in [3.05, 3.63) is 17.0 Å². The average molecular weight is 316 g/mol. The van der Waals surface area contributed by atoms with Crippen LogP contribution in [0.3, 0.4) is 0 Å². The number of nitrogens with zero attached hydrogens (tertiary/aromatic N) is 1. The summed E-state index contributed by atoms with van der Waals surface area (Å²) in [6.45, 7) is 7.21. The number of sulfonamides is 1. The van der Waals surface area contributed by atoms with Gasteiger partial charge in [-0.2, -0.15) is 4.31 Å². The van der Waals surface area contributed by atoms with Gasteiger partial charge in [0.2, 0.25) is 0 Å². The first kappa shape index (κ1) is 15.9. The van der Waals surface area contributed by atoms with Crippen LogP contribution in [0, 0.1) is 5.92 Å². The molecule has 114 valence electrons. The summed E-state index contributed by atoms with van der Waals surface area (Å²) >= 11 is 1.39. The number of hydrogen-bond acceptors (Lipinski definition) is 4. The van der Waals surface area contributed by atoms with E-state index in [1.165, 1.54) is 11.3 Å². The summed E-state index contributed by atoms with van der Waals surface area (Å²) in [7, 11) is -3.27. The van der Waals surface area contributed by atoms with Crippen LogP contribution in [0.5, 0.6) is 0 Å². The van der Waals surface area contributed by atoms with Gasteiger partial charge in [0.1, 0.15) is 4.21 Å². The van der Waals surface area contributed by atoms with E-state index in [1.807, 2.05) is 13.0 Å². The summed E-state index contributed by atoms with van der Waals surface area (Å²) in [5.74, 6) is 0.538. The van der Waals surface area contributed by atoms with Gasteiger partial charge < -0.3 is 5.32 Å². The van der Waals surface area contributed by atoms with Gasteiger partial charge in [-0.05, 0) is 37.4 Å². The van der Waals surface area contributed by atoms with Gasteiger partial charge in [0.15, 0.2) is 0 Å². The van der Waals surface area contributed by atoms with E-state index in [0.717, 1.165) is 37.2 Å². The maximum Gasteiger partial charge on any atom is 0.252 e. The molecule has 0 bridgehead atoms. The molecule has 0 aliphatic carbocycles. The highest BCUT2D eigenvalue weighted by molar-refractivity contribution is 7.91. The highest BCUT2D eigenvalue weighted by Gasteiger charge is 2.32. The lowest BCUT2D eigenvalue weighted by Gasteiger charge is -2.15. The third-order valence-corrected chi connectivity index (χ3v) is 7.14. The zero-order valence-corrected chi connectivity index (χ0v) is 13.9. The molecule has 1 aromatic heterocycles. The number of hydrogen-bond donors (Lipinski definition) is 1. The smallest absolute Gasteiger partial charge is 0.252 e. The fraction of sp³-hybridized carbons (Fsp3) is 0.714. The van der Waals surface area contributed by atoms with Crippen LogP contribution in [0.1, 0.15) is 38.0 Å². The molecule has 20 heavy (non-hydrogen) atoms. The second-order valence-electron chi connectivity index (χ2n) is 5.31.